The van der Waals surface area contributed by atoms with E-state index in [1.54, 1.807) is 0 Å². The summed E-state index contributed by atoms with van der Waals surface area (Å²) < 4.78 is 5.64. The first-order valence-corrected chi connectivity index (χ1v) is 8.88. The summed E-state index contributed by atoms with van der Waals surface area (Å²) in [5.74, 6) is 0. The molecule has 2 heterocycles. The number of nitrogens with one attached hydrogen (secondary N) is 2. The molecular weight excluding hydrogens is 300 g/mol. The van der Waals surface area contributed by atoms with Crippen LogP contribution in [0, 0.1) is 0 Å². The van der Waals surface area contributed by atoms with Gasteiger partial charge >= 0.3 is 6.03 Å². The zero-order chi connectivity index (χ0) is 15.9. The maximum Gasteiger partial charge on any atom is 0.315 e. The highest BCUT2D eigenvalue weighted by molar-refractivity contribution is 7.10. The van der Waals surface area contributed by atoms with Crippen LogP contribution in [-0.2, 0) is 4.74 Å². The lowest BCUT2D eigenvalue weighted by Crippen LogP contribution is -2.49. The Morgan fingerprint density at radius 2 is 2.36 bits per heavy atom. The second-order valence-corrected chi connectivity index (χ2v) is 6.83. The number of carbonyl (C=O) groups is 1. The third-order valence-corrected chi connectivity index (χ3v) is 4.97. The van der Waals surface area contributed by atoms with E-state index in [1.165, 1.54) is 11.3 Å². The zero-order valence-corrected chi connectivity index (χ0v) is 14.1. The number of rotatable bonds is 7. The van der Waals surface area contributed by atoms with Crippen LogP contribution in [0.3, 0.4) is 0 Å². The minimum Gasteiger partial charge on any atom is -0.387 e. The molecule has 1 fully saturated rings. The molecular formula is C16H26N2O3S. The van der Waals surface area contributed by atoms with Crippen molar-refractivity contribution in [2.45, 2.75) is 63.8 Å². The normalized spacial score (nSPS) is 22.0. The number of urea groups is 1. The SMILES string of the molecule is CCC(NC(=O)NC(C)CC(O)c1cccs1)C1CCCO1. The third kappa shape index (κ3) is 4.97. The van der Waals surface area contributed by atoms with Crippen molar-refractivity contribution in [3.05, 3.63) is 22.4 Å². The molecule has 1 aromatic heterocycles. The first-order valence-electron chi connectivity index (χ1n) is 8.00. The summed E-state index contributed by atoms with van der Waals surface area (Å²) in [5.41, 5.74) is 0. The lowest BCUT2D eigenvalue weighted by atomic mass is 10.1. The molecule has 0 aromatic carbocycles. The molecule has 5 nitrogen and oxygen atoms in total. The monoisotopic (exact) mass is 326 g/mol. The molecule has 0 saturated carbocycles. The average Bonchev–Trinajstić information content (AvgIpc) is 3.17. The number of thiophene rings is 1. The zero-order valence-electron chi connectivity index (χ0n) is 13.2. The van der Waals surface area contributed by atoms with Crippen molar-refractivity contribution < 1.29 is 14.6 Å². The fraction of sp³-hybridized carbons (Fsp3) is 0.688. The van der Waals surface area contributed by atoms with Gasteiger partial charge in [-0.3, -0.25) is 0 Å². The van der Waals surface area contributed by atoms with Crippen molar-refractivity contribution in [1.29, 1.82) is 0 Å². The average molecular weight is 326 g/mol. The maximum atomic E-state index is 12.1. The number of hydrogen-bond donors (Lipinski definition) is 3. The number of ether oxygens (including phenoxy) is 1. The summed E-state index contributed by atoms with van der Waals surface area (Å²) in [6.07, 6.45) is 3.02. The van der Waals surface area contributed by atoms with E-state index in [9.17, 15) is 9.90 Å². The Labute approximate surface area is 136 Å². The Kier molecular flexibility index (Phi) is 6.67. The molecule has 0 spiro atoms. The molecule has 4 unspecified atom stereocenters. The number of hydrogen-bond acceptors (Lipinski definition) is 4. The highest BCUT2D eigenvalue weighted by Crippen LogP contribution is 2.23. The third-order valence-electron chi connectivity index (χ3n) is 4.00. The van der Waals surface area contributed by atoms with Crippen LogP contribution in [0.1, 0.15) is 50.5 Å². The Hall–Kier alpha value is -1.11. The molecule has 0 aliphatic carbocycles. The molecule has 1 aliphatic rings. The lowest BCUT2D eigenvalue weighted by molar-refractivity contribution is 0.0792. The summed E-state index contributed by atoms with van der Waals surface area (Å²) in [7, 11) is 0. The Balaban J connectivity index is 1.75. The van der Waals surface area contributed by atoms with E-state index >= 15 is 0 Å². The molecule has 4 atom stereocenters. The lowest BCUT2D eigenvalue weighted by Gasteiger charge is -2.24. The van der Waals surface area contributed by atoms with E-state index in [-0.39, 0.29) is 24.2 Å². The standard InChI is InChI=1S/C16H26N2O3S/c1-3-12(14-6-4-8-21-14)18-16(20)17-11(2)10-13(19)15-7-5-9-22-15/h5,7,9,11-14,19H,3-4,6,8,10H2,1-2H3,(H2,17,18,20). The predicted molar refractivity (Wildman–Crippen MR) is 88.1 cm³/mol. The van der Waals surface area contributed by atoms with E-state index < -0.39 is 6.10 Å². The molecule has 1 aromatic rings. The van der Waals surface area contributed by atoms with Gasteiger partial charge < -0.3 is 20.5 Å². The van der Waals surface area contributed by atoms with E-state index in [0.29, 0.717) is 6.42 Å². The van der Waals surface area contributed by atoms with Crippen molar-refractivity contribution >= 4 is 17.4 Å². The molecule has 1 aliphatic heterocycles. The Bertz CT molecular complexity index is 446. The van der Waals surface area contributed by atoms with Gasteiger partial charge in [0, 0.05) is 17.5 Å². The van der Waals surface area contributed by atoms with E-state index in [2.05, 4.69) is 17.6 Å². The highest BCUT2D eigenvalue weighted by Gasteiger charge is 2.26. The molecule has 0 radical (unpaired) electrons. The minimum absolute atomic E-state index is 0.0527. The van der Waals surface area contributed by atoms with Crippen LogP contribution in [0.2, 0.25) is 0 Å². The number of carbonyl (C=O) groups excluding carboxylic acids is 1. The largest absolute Gasteiger partial charge is 0.387 e. The smallest absolute Gasteiger partial charge is 0.315 e. The van der Waals surface area contributed by atoms with E-state index in [4.69, 9.17) is 4.74 Å². The van der Waals surface area contributed by atoms with Crippen LogP contribution in [-0.4, -0.2) is 35.9 Å². The van der Waals surface area contributed by atoms with Gasteiger partial charge in [-0.25, -0.2) is 4.79 Å². The van der Waals surface area contributed by atoms with Crippen molar-refractivity contribution in [3.63, 3.8) is 0 Å². The topological polar surface area (TPSA) is 70.6 Å². The fourth-order valence-corrected chi connectivity index (χ4v) is 3.53. The van der Waals surface area contributed by atoms with Crippen LogP contribution in [0.25, 0.3) is 0 Å². The van der Waals surface area contributed by atoms with Gasteiger partial charge in [-0.1, -0.05) is 13.0 Å². The second-order valence-electron chi connectivity index (χ2n) is 5.85. The van der Waals surface area contributed by atoms with Gasteiger partial charge in [0.25, 0.3) is 0 Å². The number of aliphatic hydroxyl groups excluding tert-OH is 1. The second kappa shape index (κ2) is 8.50. The maximum absolute atomic E-state index is 12.1. The van der Waals surface area contributed by atoms with Gasteiger partial charge in [-0.2, -0.15) is 0 Å². The summed E-state index contributed by atoms with van der Waals surface area (Å²) in [4.78, 5) is 13.0. The van der Waals surface area contributed by atoms with Gasteiger partial charge in [-0.15, -0.1) is 11.3 Å². The number of aliphatic hydroxyl groups is 1. The van der Waals surface area contributed by atoms with Crippen molar-refractivity contribution in [1.82, 2.24) is 10.6 Å². The van der Waals surface area contributed by atoms with Crippen LogP contribution in [0.4, 0.5) is 4.79 Å². The van der Waals surface area contributed by atoms with Gasteiger partial charge in [0.15, 0.2) is 0 Å². The molecule has 22 heavy (non-hydrogen) atoms. The Morgan fingerprint density at radius 1 is 1.55 bits per heavy atom. The van der Waals surface area contributed by atoms with Gasteiger partial charge in [0.1, 0.15) is 0 Å². The van der Waals surface area contributed by atoms with Crippen LogP contribution >= 0.6 is 11.3 Å². The van der Waals surface area contributed by atoms with E-state index in [0.717, 1.165) is 30.7 Å². The summed E-state index contributed by atoms with van der Waals surface area (Å²) >= 11 is 1.53. The highest BCUT2D eigenvalue weighted by atomic mass is 32.1. The molecule has 124 valence electrons. The first kappa shape index (κ1) is 17.2. The van der Waals surface area contributed by atoms with Crippen LogP contribution in [0.5, 0.6) is 0 Å². The van der Waals surface area contributed by atoms with Crippen LogP contribution in [0.15, 0.2) is 17.5 Å². The predicted octanol–water partition coefficient (Wildman–Crippen LogP) is 2.82. The number of amides is 2. The first-order chi connectivity index (χ1) is 10.6. The molecule has 1 saturated heterocycles. The summed E-state index contributed by atoms with van der Waals surface area (Å²) in [5, 5.41) is 17.9. The van der Waals surface area contributed by atoms with Crippen molar-refractivity contribution in [2.24, 2.45) is 0 Å². The van der Waals surface area contributed by atoms with Crippen molar-refractivity contribution in [2.75, 3.05) is 6.61 Å². The molecule has 0 bridgehead atoms. The van der Waals surface area contributed by atoms with Crippen LogP contribution < -0.4 is 10.6 Å². The van der Waals surface area contributed by atoms with Crippen molar-refractivity contribution in [3.8, 4) is 0 Å². The Morgan fingerprint density at radius 3 is 2.95 bits per heavy atom. The molecule has 2 rings (SSSR count). The van der Waals surface area contributed by atoms with Gasteiger partial charge in [0.2, 0.25) is 0 Å². The van der Waals surface area contributed by atoms with Gasteiger partial charge in [0.05, 0.1) is 18.2 Å². The summed E-state index contributed by atoms with van der Waals surface area (Å²) in [6, 6.07) is 3.60. The molecule has 2 amide bonds. The van der Waals surface area contributed by atoms with E-state index in [1.807, 2.05) is 24.4 Å². The van der Waals surface area contributed by atoms with Gasteiger partial charge in [-0.05, 0) is 44.1 Å². The fourth-order valence-electron chi connectivity index (χ4n) is 2.80. The summed E-state index contributed by atoms with van der Waals surface area (Å²) in [6.45, 7) is 4.74. The minimum atomic E-state index is -0.532. The molecule has 6 heteroatoms. The molecule has 3 N–H and O–H groups in total. The quantitative estimate of drug-likeness (QED) is 0.721.